The van der Waals surface area contributed by atoms with Gasteiger partial charge in [0.25, 0.3) is 0 Å². The summed E-state index contributed by atoms with van der Waals surface area (Å²) in [6.07, 6.45) is 2.13. The van der Waals surface area contributed by atoms with Gasteiger partial charge in [0, 0.05) is 0 Å². The van der Waals surface area contributed by atoms with Gasteiger partial charge in [-0.3, -0.25) is 4.79 Å². The molecule has 0 amide bonds. The van der Waals surface area contributed by atoms with Gasteiger partial charge in [0.2, 0.25) is 0 Å². The first-order chi connectivity index (χ1) is 10.4. The smallest absolute Gasteiger partial charge is 0.338 e. The van der Waals surface area contributed by atoms with Crippen LogP contribution in [0.2, 0.25) is 0 Å². The van der Waals surface area contributed by atoms with Crippen molar-refractivity contribution in [1.82, 2.24) is 0 Å². The van der Waals surface area contributed by atoms with E-state index in [0.29, 0.717) is 12.7 Å². The number of aliphatic carboxylic acids is 1. The van der Waals surface area contributed by atoms with E-state index in [1.54, 1.807) is 12.1 Å². The van der Waals surface area contributed by atoms with Crippen molar-refractivity contribution in [1.29, 1.82) is 0 Å². The molecule has 4 unspecified atom stereocenters. The number of rotatable bonds is 3. The average molecular weight is 528 g/mol. The topological polar surface area (TPSA) is 83.8 Å². The van der Waals surface area contributed by atoms with Crippen LogP contribution in [0.25, 0.3) is 0 Å². The highest BCUT2D eigenvalue weighted by molar-refractivity contribution is 14.1. The molecule has 5 nitrogen and oxygen atoms in total. The summed E-state index contributed by atoms with van der Waals surface area (Å²) in [7, 11) is 0. The molecule has 2 aliphatic carbocycles. The second-order valence-corrected chi connectivity index (χ2v) is 8.18. The van der Waals surface area contributed by atoms with Crippen LogP contribution in [-0.2, 0) is 9.53 Å². The first kappa shape index (κ1) is 16.3. The SMILES string of the molecule is O=C(OC1C2CCC(C2)C1C(=O)O)c1cc(I)c(O)c(I)c1. The molecule has 1 aromatic rings. The van der Waals surface area contributed by atoms with Crippen molar-refractivity contribution < 1.29 is 24.5 Å². The molecule has 0 radical (unpaired) electrons. The quantitative estimate of drug-likeness (QED) is 0.466. The van der Waals surface area contributed by atoms with Crippen LogP contribution < -0.4 is 0 Å². The first-order valence-corrected chi connectivity index (χ1v) is 9.16. The molecule has 7 heteroatoms. The van der Waals surface area contributed by atoms with E-state index in [0.717, 1.165) is 19.3 Å². The standard InChI is InChI=1S/C15H14I2O5/c16-9-4-8(5-10(17)12(9)18)15(21)22-13-7-2-1-6(3-7)11(13)14(19)20/h4-7,11,13,18H,1-3H2,(H,19,20). The third-order valence-corrected chi connectivity index (χ3v) is 6.27. The van der Waals surface area contributed by atoms with Gasteiger partial charge >= 0.3 is 11.9 Å². The van der Waals surface area contributed by atoms with Crippen molar-refractivity contribution in [3.8, 4) is 5.75 Å². The minimum Gasteiger partial charge on any atom is -0.506 e. The number of hydrogen-bond donors (Lipinski definition) is 2. The predicted molar refractivity (Wildman–Crippen MR) is 94.7 cm³/mol. The van der Waals surface area contributed by atoms with E-state index in [-0.39, 0.29) is 17.6 Å². The molecule has 0 aromatic heterocycles. The maximum atomic E-state index is 12.4. The molecule has 3 rings (SSSR count). The molecule has 22 heavy (non-hydrogen) atoms. The molecule has 2 bridgehead atoms. The molecule has 4 atom stereocenters. The molecule has 118 valence electrons. The molecule has 0 aliphatic heterocycles. The van der Waals surface area contributed by atoms with Crippen molar-refractivity contribution in [2.24, 2.45) is 17.8 Å². The number of hydrogen-bond acceptors (Lipinski definition) is 4. The lowest BCUT2D eigenvalue weighted by Crippen LogP contribution is -2.37. The highest BCUT2D eigenvalue weighted by atomic mass is 127. The van der Waals surface area contributed by atoms with Gasteiger partial charge in [-0.1, -0.05) is 0 Å². The Bertz CT molecular complexity index is 622. The minimum atomic E-state index is -0.875. The summed E-state index contributed by atoms with van der Waals surface area (Å²) in [4.78, 5) is 23.8. The molecular weight excluding hydrogens is 514 g/mol. The normalized spacial score (nSPS) is 29.5. The van der Waals surface area contributed by atoms with Crippen LogP contribution in [0.5, 0.6) is 5.75 Å². The van der Waals surface area contributed by atoms with E-state index in [2.05, 4.69) is 0 Å². The van der Waals surface area contributed by atoms with Gasteiger partial charge in [-0.2, -0.15) is 0 Å². The second-order valence-electron chi connectivity index (χ2n) is 5.86. The Labute approximate surface area is 154 Å². The zero-order valence-corrected chi connectivity index (χ0v) is 15.8. The van der Waals surface area contributed by atoms with E-state index in [1.165, 1.54) is 0 Å². The van der Waals surface area contributed by atoms with Crippen molar-refractivity contribution >= 4 is 57.1 Å². The fourth-order valence-electron chi connectivity index (χ4n) is 3.63. The Morgan fingerprint density at radius 2 is 1.73 bits per heavy atom. The van der Waals surface area contributed by atoms with Gasteiger partial charge in [-0.25, -0.2) is 4.79 Å². The number of esters is 1. The van der Waals surface area contributed by atoms with E-state index in [1.807, 2.05) is 45.2 Å². The number of carbonyl (C=O) groups excluding carboxylic acids is 1. The van der Waals surface area contributed by atoms with Gasteiger partial charge in [-0.15, -0.1) is 0 Å². The number of carboxylic acids is 1. The second kappa shape index (κ2) is 6.14. The molecule has 1 aromatic carbocycles. The summed E-state index contributed by atoms with van der Waals surface area (Å²) < 4.78 is 6.68. The third kappa shape index (κ3) is 2.81. The van der Waals surface area contributed by atoms with Crippen LogP contribution in [-0.4, -0.2) is 28.3 Å². The third-order valence-electron chi connectivity index (χ3n) is 4.62. The van der Waals surface area contributed by atoms with Crippen molar-refractivity contribution in [2.75, 3.05) is 0 Å². The van der Waals surface area contributed by atoms with Crippen LogP contribution in [0.1, 0.15) is 29.6 Å². The fraction of sp³-hybridized carbons (Fsp3) is 0.467. The van der Waals surface area contributed by atoms with Gasteiger partial charge in [-0.05, 0) is 88.4 Å². The Kier molecular flexibility index (Phi) is 4.54. The van der Waals surface area contributed by atoms with Gasteiger partial charge in [0.1, 0.15) is 11.9 Å². The molecule has 2 N–H and O–H groups in total. The number of phenolic OH excluding ortho intramolecular Hbond substituents is 1. The highest BCUT2D eigenvalue weighted by Crippen LogP contribution is 2.50. The largest absolute Gasteiger partial charge is 0.506 e. The van der Waals surface area contributed by atoms with Crippen molar-refractivity contribution in [3.05, 3.63) is 24.8 Å². The molecule has 0 spiro atoms. The highest BCUT2D eigenvalue weighted by Gasteiger charge is 2.53. The molecule has 2 aliphatic rings. The van der Waals surface area contributed by atoms with Crippen LogP contribution in [0.3, 0.4) is 0 Å². The van der Waals surface area contributed by atoms with E-state index in [4.69, 9.17) is 4.74 Å². The zero-order valence-electron chi connectivity index (χ0n) is 11.5. The minimum absolute atomic E-state index is 0.125. The number of aromatic hydroxyl groups is 1. The Balaban J connectivity index is 1.81. The molecule has 0 heterocycles. The number of benzene rings is 1. The maximum Gasteiger partial charge on any atom is 0.338 e. The number of carbonyl (C=O) groups is 2. The number of fused-ring (bicyclic) bond motifs is 2. The summed E-state index contributed by atoms with van der Waals surface area (Å²) in [6, 6.07) is 3.12. The summed E-state index contributed by atoms with van der Waals surface area (Å²) >= 11 is 3.90. The van der Waals surface area contributed by atoms with E-state index >= 15 is 0 Å². The Morgan fingerprint density at radius 3 is 2.32 bits per heavy atom. The summed E-state index contributed by atoms with van der Waals surface area (Å²) in [5, 5.41) is 19.1. The fourth-order valence-corrected chi connectivity index (χ4v) is 5.39. The summed E-state index contributed by atoms with van der Waals surface area (Å²) in [5.41, 5.74) is 0.346. The van der Waals surface area contributed by atoms with Crippen LogP contribution in [0.4, 0.5) is 0 Å². The number of ether oxygens (including phenoxy) is 1. The van der Waals surface area contributed by atoms with Gasteiger partial charge < -0.3 is 14.9 Å². The molecule has 0 saturated heterocycles. The maximum absolute atomic E-state index is 12.4. The van der Waals surface area contributed by atoms with Gasteiger partial charge in [0.05, 0.1) is 18.6 Å². The zero-order chi connectivity index (χ0) is 16.0. The molecule has 2 fully saturated rings. The lowest BCUT2D eigenvalue weighted by molar-refractivity contribution is -0.148. The van der Waals surface area contributed by atoms with Crippen LogP contribution >= 0.6 is 45.2 Å². The van der Waals surface area contributed by atoms with E-state index < -0.39 is 24.0 Å². The Hall–Kier alpha value is -0.580. The number of halogens is 2. The molecule has 2 saturated carbocycles. The average Bonchev–Trinajstić information content (AvgIpc) is 3.04. The summed E-state index contributed by atoms with van der Waals surface area (Å²) in [5.74, 6) is -1.55. The molecular formula is C15H14I2O5. The number of carboxylic acid groups (broad SMARTS) is 1. The number of phenols is 1. The van der Waals surface area contributed by atoms with E-state index in [9.17, 15) is 19.8 Å². The monoisotopic (exact) mass is 528 g/mol. The predicted octanol–water partition coefficient (Wildman–Crippen LogP) is 3.26. The lowest BCUT2D eigenvalue weighted by Gasteiger charge is -2.27. The first-order valence-electron chi connectivity index (χ1n) is 7.00. The van der Waals surface area contributed by atoms with Crippen molar-refractivity contribution in [2.45, 2.75) is 25.4 Å². The lowest BCUT2D eigenvalue weighted by atomic mass is 9.86. The van der Waals surface area contributed by atoms with Gasteiger partial charge in [0.15, 0.2) is 0 Å². The van der Waals surface area contributed by atoms with Crippen molar-refractivity contribution in [3.63, 3.8) is 0 Å². The Morgan fingerprint density at radius 1 is 1.14 bits per heavy atom. The van der Waals surface area contributed by atoms with Crippen LogP contribution in [0, 0.1) is 24.9 Å². The summed E-state index contributed by atoms with van der Waals surface area (Å²) in [6.45, 7) is 0. The van der Waals surface area contributed by atoms with Crippen LogP contribution in [0.15, 0.2) is 12.1 Å².